The van der Waals surface area contributed by atoms with Gasteiger partial charge in [-0.15, -0.1) is 11.3 Å². The normalized spacial score (nSPS) is 11.7. The number of thiophene rings is 1. The molecule has 2 aromatic rings. The third-order valence-electron chi connectivity index (χ3n) is 2.96. The molecule has 0 unspecified atom stereocenters. The fourth-order valence-corrected chi connectivity index (χ4v) is 3.09. The third-order valence-corrected chi connectivity index (χ3v) is 4.89. The van der Waals surface area contributed by atoms with Gasteiger partial charge in [-0.25, -0.2) is 9.97 Å². The summed E-state index contributed by atoms with van der Waals surface area (Å²) in [6.07, 6.45) is 0. The lowest BCUT2D eigenvalue weighted by atomic mass is 9.95. The molecule has 0 aromatic carbocycles. The summed E-state index contributed by atoms with van der Waals surface area (Å²) >= 11 is 5.24. The van der Waals surface area contributed by atoms with E-state index in [2.05, 4.69) is 57.4 Å². The maximum absolute atomic E-state index is 6.00. The molecule has 0 saturated heterocycles. The lowest BCUT2D eigenvalue weighted by molar-refractivity contribution is 0.546. The van der Waals surface area contributed by atoms with Crippen molar-refractivity contribution in [2.45, 2.75) is 39.7 Å². The topological polar surface area (TPSA) is 63.8 Å². The lowest BCUT2D eigenvalue weighted by Gasteiger charge is -2.19. The number of rotatable bonds is 3. The summed E-state index contributed by atoms with van der Waals surface area (Å²) < 4.78 is 1.12. The second kappa shape index (κ2) is 5.69. The van der Waals surface area contributed by atoms with Crippen LogP contribution in [0.1, 0.15) is 37.0 Å². The van der Waals surface area contributed by atoms with Crippen LogP contribution in [0.5, 0.6) is 0 Å². The van der Waals surface area contributed by atoms with Crippen LogP contribution in [0.15, 0.2) is 15.9 Å². The Morgan fingerprint density at radius 2 is 2.05 bits per heavy atom. The number of nitrogens with zero attached hydrogens (tertiary/aromatic N) is 2. The Labute approximate surface area is 132 Å². The predicted molar refractivity (Wildman–Crippen MR) is 89.2 cm³/mol. The average Bonchev–Trinajstić information content (AvgIpc) is 2.75. The van der Waals surface area contributed by atoms with Crippen molar-refractivity contribution in [3.63, 3.8) is 0 Å². The highest BCUT2D eigenvalue weighted by molar-refractivity contribution is 9.10. The minimum Gasteiger partial charge on any atom is -0.383 e. The smallest absolute Gasteiger partial charge is 0.138 e. The van der Waals surface area contributed by atoms with Crippen LogP contribution in [0, 0.1) is 6.92 Å². The van der Waals surface area contributed by atoms with E-state index in [1.165, 1.54) is 4.88 Å². The van der Waals surface area contributed by atoms with E-state index in [0.29, 0.717) is 5.82 Å². The molecule has 0 saturated carbocycles. The quantitative estimate of drug-likeness (QED) is 0.870. The number of halogens is 1. The first-order valence-corrected chi connectivity index (χ1v) is 8.06. The van der Waals surface area contributed by atoms with Crippen LogP contribution in [0.3, 0.4) is 0 Å². The number of hydrogen-bond acceptors (Lipinski definition) is 5. The predicted octanol–water partition coefficient (Wildman–Crippen LogP) is 4.10. The fraction of sp³-hybridized carbons (Fsp3) is 0.429. The Bertz CT molecular complexity index is 616. The van der Waals surface area contributed by atoms with Crippen molar-refractivity contribution >= 4 is 38.9 Å². The zero-order chi connectivity index (χ0) is 14.9. The summed E-state index contributed by atoms with van der Waals surface area (Å²) in [6.45, 7) is 8.90. The van der Waals surface area contributed by atoms with E-state index in [9.17, 15) is 0 Å². The molecule has 3 N–H and O–H groups in total. The molecule has 0 aliphatic rings. The van der Waals surface area contributed by atoms with Gasteiger partial charge in [0.05, 0.1) is 6.54 Å². The Hall–Kier alpha value is -1.14. The van der Waals surface area contributed by atoms with Crippen LogP contribution in [-0.4, -0.2) is 9.97 Å². The van der Waals surface area contributed by atoms with Gasteiger partial charge in [-0.1, -0.05) is 20.8 Å². The standard InChI is InChI=1S/C14H19BrN4S/c1-8-11(16)18-13(14(2,3)4)19-12(8)17-7-10-9(15)5-6-20-10/h5-6H,7H2,1-4H3,(H3,16,17,18,19). The Balaban J connectivity index is 2.27. The molecule has 0 radical (unpaired) electrons. The number of aromatic nitrogens is 2. The zero-order valence-electron chi connectivity index (χ0n) is 12.1. The number of hydrogen-bond donors (Lipinski definition) is 2. The number of nitrogen functional groups attached to an aromatic ring is 1. The highest BCUT2D eigenvalue weighted by Crippen LogP contribution is 2.27. The van der Waals surface area contributed by atoms with Crippen molar-refractivity contribution in [2.24, 2.45) is 0 Å². The molecule has 0 aliphatic carbocycles. The molecule has 6 heteroatoms. The molecule has 0 atom stereocenters. The molecule has 2 rings (SSSR count). The monoisotopic (exact) mass is 354 g/mol. The molecular weight excluding hydrogens is 336 g/mol. The SMILES string of the molecule is Cc1c(N)nc(C(C)(C)C)nc1NCc1sccc1Br. The van der Waals surface area contributed by atoms with Crippen molar-refractivity contribution < 1.29 is 0 Å². The highest BCUT2D eigenvalue weighted by Gasteiger charge is 2.20. The highest BCUT2D eigenvalue weighted by atomic mass is 79.9. The van der Waals surface area contributed by atoms with Gasteiger partial charge in [0, 0.05) is 20.3 Å². The van der Waals surface area contributed by atoms with Crippen LogP contribution in [0.2, 0.25) is 0 Å². The first kappa shape index (κ1) is 15.3. The molecule has 0 amide bonds. The molecule has 2 aromatic heterocycles. The van der Waals surface area contributed by atoms with Gasteiger partial charge in [0.1, 0.15) is 17.5 Å². The summed E-state index contributed by atoms with van der Waals surface area (Å²) in [7, 11) is 0. The van der Waals surface area contributed by atoms with E-state index < -0.39 is 0 Å². The van der Waals surface area contributed by atoms with E-state index in [1.54, 1.807) is 11.3 Å². The summed E-state index contributed by atoms with van der Waals surface area (Å²) in [5.74, 6) is 2.11. The maximum Gasteiger partial charge on any atom is 0.138 e. The Kier molecular flexibility index (Phi) is 4.34. The molecular formula is C14H19BrN4S. The third kappa shape index (κ3) is 3.30. The van der Waals surface area contributed by atoms with Gasteiger partial charge in [-0.2, -0.15) is 0 Å². The van der Waals surface area contributed by atoms with Crippen molar-refractivity contribution in [1.29, 1.82) is 0 Å². The molecule has 0 spiro atoms. The number of anilines is 2. The molecule has 0 aliphatic heterocycles. The minimum absolute atomic E-state index is 0.123. The maximum atomic E-state index is 6.00. The average molecular weight is 355 g/mol. The molecule has 0 bridgehead atoms. The summed E-state index contributed by atoms with van der Waals surface area (Å²) in [5.41, 5.74) is 6.77. The minimum atomic E-state index is -0.123. The fourth-order valence-electron chi connectivity index (χ4n) is 1.66. The number of nitrogens with one attached hydrogen (secondary N) is 1. The Morgan fingerprint density at radius 3 is 2.60 bits per heavy atom. The van der Waals surface area contributed by atoms with Gasteiger partial charge in [-0.05, 0) is 34.3 Å². The van der Waals surface area contributed by atoms with Crippen molar-refractivity contribution in [3.05, 3.63) is 32.2 Å². The second-order valence-corrected chi connectivity index (χ2v) is 7.56. The number of nitrogens with two attached hydrogens (primary N) is 1. The van der Waals surface area contributed by atoms with Gasteiger partial charge in [0.2, 0.25) is 0 Å². The Morgan fingerprint density at radius 1 is 1.35 bits per heavy atom. The molecule has 4 nitrogen and oxygen atoms in total. The van der Waals surface area contributed by atoms with Gasteiger partial charge in [-0.3, -0.25) is 0 Å². The summed E-state index contributed by atoms with van der Waals surface area (Å²) in [6, 6.07) is 2.05. The van der Waals surface area contributed by atoms with Crippen LogP contribution in [0.25, 0.3) is 0 Å². The van der Waals surface area contributed by atoms with E-state index in [-0.39, 0.29) is 5.41 Å². The van der Waals surface area contributed by atoms with E-state index in [4.69, 9.17) is 5.73 Å². The van der Waals surface area contributed by atoms with Gasteiger partial charge >= 0.3 is 0 Å². The molecule has 0 fully saturated rings. The van der Waals surface area contributed by atoms with Gasteiger partial charge in [0.15, 0.2) is 0 Å². The summed E-state index contributed by atoms with van der Waals surface area (Å²) in [4.78, 5) is 10.2. The first-order chi connectivity index (χ1) is 9.29. The zero-order valence-corrected chi connectivity index (χ0v) is 14.5. The van der Waals surface area contributed by atoms with E-state index in [1.807, 2.05) is 13.0 Å². The first-order valence-electron chi connectivity index (χ1n) is 6.39. The van der Waals surface area contributed by atoms with E-state index in [0.717, 1.165) is 28.2 Å². The largest absolute Gasteiger partial charge is 0.383 e. The van der Waals surface area contributed by atoms with Gasteiger partial charge in [0.25, 0.3) is 0 Å². The van der Waals surface area contributed by atoms with Crippen LogP contribution >= 0.6 is 27.3 Å². The summed E-state index contributed by atoms with van der Waals surface area (Å²) in [5, 5.41) is 5.42. The van der Waals surface area contributed by atoms with Crippen LogP contribution in [-0.2, 0) is 12.0 Å². The van der Waals surface area contributed by atoms with Crippen molar-refractivity contribution in [2.75, 3.05) is 11.1 Å². The van der Waals surface area contributed by atoms with Crippen LogP contribution < -0.4 is 11.1 Å². The van der Waals surface area contributed by atoms with Crippen molar-refractivity contribution in [3.8, 4) is 0 Å². The van der Waals surface area contributed by atoms with Gasteiger partial charge < -0.3 is 11.1 Å². The lowest BCUT2D eigenvalue weighted by Crippen LogP contribution is -2.19. The second-order valence-electron chi connectivity index (χ2n) is 5.70. The van der Waals surface area contributed by atoms with Crippen LogP contribution in [0.4, 0.5) is 11.6 Å². The van der Waals surface area contributed by atoms with Crippen molar-refractivity contribution in [1.82, 2.24) is 9.97 Å². The molecule has 108 valence electrons. The van der Waals surface area contributed by atoms with E-state index >= 15 is 0 Å². The molecule has 20 heavy (non-hydrogen) atoms. The molecule has 2 heterocycles.